The van der Waals surface area contributed by atoms with Gasteiger partial charge in [0.2, 0.25) is 10.0 Å². The van der Waals surface area contributed by atoms with Crippen LogP contribution in [0.3, 0.4) is 0 Å². The molecule has 0 fully saturated rings. The molecule has 0 bridgehead atoms. The first kappa shape index (κ1) is 21.2. The highest BCUT2D eigenvalue weighted by atomic mass is 32.2. The molecule has 0 spiro atoms. The van der Waals surface area contributed by atoms with Crippen LogP contribution in [0.1, 0.15) is 35.1 Å². The number of sulfonamides is 1. The number of hydrogen-bond acceptors (Lipinski definition) is 4. The van der Waals surface area contributed by atoms with Crippen LogP contribution < -0.4 is 0 Å². The lowest BCUT2D eigenvalue weighted by Gasteiger charge is -2.22. The third kappa shape index (κ3) is 4.25. The molecular weight excluding hydrogens is 393 g/mol. The van der Waals surface area contributed by atoms with Crippen LogP contribution in [-0.2, 0) is 36.7 Å². The average molecular weight is 420 g/mol. The minimum Gasteiger partial charge on any atom is -0.272 e. The van der Waals surface area contributed by atoms with Gasteiger partial charge in [-0.1, -0.05) is 12.1 Å². The molecule has 2 aromatic heterocycles. The largest absolute Gasteiger partial charge is 0.272 e. The van der Waals surface area contributed by atoms with E-state index in [1.54, 1.807) is 42.4 Å². The third-order valence-electron chi connectivity index (χ3n) is 5.03. The summed E-state index contributed by atoms with van der Waals surface area (Å²) in [6.07, 6.45) is 1.87. The number of aryl methyl sites for hydroxylation is 4. The Bertz CT molecular complexity index is 1120. The molecule has 7 nitrogen and oxygen atoms in total. The molecule has 2 heterocycles. The summed E-state index contributed by atoms with van der Waals surface area (Å²) >= 11 is 0. The third-order valence-corrected chi connectivity index (χ3v) is 7.08. The Balaban J connectivity index is 2.05. The smallest absolute Gasteiger partial charge is 0.247 e. The van der Waals surface area contributed by atoms with Crippen molar-refractivity contribution in [1.29, 1.82) is 0 Å². The molecular formula is C20H26FN5O2S. The number of rotatable bonds is 7. The van der Waals surface area contributed by atoms with Crippen molar-refractivity contribution in [3.63, 3.8) is 0 Å². The summed E-state index contributed by atoms with van der Waals surface area (Å²) in [5.41, 5.74) is 3.35. The molecule has 0 atom stereocenters. The number of nitrogens with zero attached hydrogens (tertiary/aromatic N) is 5. The number of halogens is 1. The quantitative estimate of drug-likeness (QED) is 0.590. The monoisotopic (exact) mass is 419 g/mol. The van der Waals surface area contributed by atoms with Crippen molar-refractivity contribution in [3.8, 4) is 0 Å². The first-order chi connectivity index (χ1) is 13.6. The Hall–Kier alpha value is -2.52. The van der Waals surface area contributed by atoms with Crippen molar-refractivity contribution in [2.24, 2.45) is 7.05 Å². The van der Waals surface area contributed by atoms with E-state index in [9.17, 15) is 12.8 Å². The van der Waals surface area contributed by atoms with Gasteiger partial charge >= 0.3 is 0 Å². The normalized spacial score (nSPS) is 12.1. The summed E-state index contributed by atoms with van der Waals surface area (Å²) in [7, 11) is -2.12. The summed E-state index contributed by atoms with van der Waals surface area (Å²) in [5, 5.41) is 8.69. The van der Waals surface area contributed by atoms with Crippen LogP contribution >= 0.6 is 0 Å². The summed E-state index contributed by atoms with van der Waals surface area (Å²) in [6, 6.07) is 5.87. The maximum Gasteiger partial charge on any atom is 0.247 e. The van der Waals surface area contributed by atoms with Crippen LogP contribution in [0.4, 0.5) is 4.39 Å². The Morgan fingerprint density at radius 3 is 2.21 bits per heavy atom. The lowest BCUT2D eigenvalue weighted by Crippen LogP contribution is -2.31. The zero-order chi connectivity index (χ0) is 21.3. The Morgan fingerprint density at radius 2 is 1.69 bits per heavy atom. The standard InChI is InChI=1S/C20H26FN5O2S/c1-6-25-12-18(14(2)23-25)13-26(11-17-7-9-19(21)10-8-17)29(27,28)20-15(3)22-24(5)16(20)4/h7-10,12H,6,11,13H2,1-5H3. The van der Waals surface area contributed by atoms with Crippen LogP contribution in [0.5, 0.6) is 0 Å². The second-order valence-corrected chi connectivity index (χ2v) is 8.99. The van der Waals surface area contributed by atoms with E-state index in [1.807, 2.05) is 20.0 Å². The highest BCUT2D eigenvalue weighted by Gasteiger charge is 2.31. The van der Waals surface area contributed by atoms with Crippen LogP contribution in [0.25, 0.3) is 0 Å². The van der Waals surface area contributed by atoms with E-state index < -0.39 is 10.0 Å². The Kier molecular flexibility index (Phi) is 5.90. The van der Waals surface area contributed by atoms with Gasteiger partial charge < -0.3 is 0 Å². The summed E-state index contributed by atoms with van der Waals surface area (Å²) < 4.78 is 45.3. The highest BCUT2D eigenvalue weighted by molar-refractivity contribution is 7.89. The van der Waals surface area contributed by atoms with Gasteiger partial charge in [-0.2, -0.15) is 14.5 Å². The molecule has 29 heavy (non-hydrogen) atoms. The molecule has 0 aliphatic heterocycles. The van der Waals surface area contributed by atoms with Crippen molar-refractivity contribution < 1.29 is 12.8 Å². The second-order valence-electron chi connectivity index (χ2n) is 7.12. The lowest BCUT2D eigenvalue weighted by atomic mass is 10.2. The average Bonchev–Trinajstić information content (AvgIpc) is 3.14. The van der Waals surface area contributed by atoms with Gasteiger partial charge in [-0.15, -0.1) is 0 Å². The molecule has 156 valence electrons. The predicted octanol–water partition coefficient (Wildman–Crippen LogP) is 3.09. The SMILES string of the molecule is CCn1cc(CN(Cc2ccc(F)cc2)S(=O)(=O)c2c(C)nn(C)c2C)c(C)n1. The van der Waals surface area contributed by atoms with E-state index >= 15 is 0 Å². The minimum atomic E-state index is -3.84. The van der Waals surface area contributed by atoms with E-state index in [4.69, 9.17) is 0 Å². The topological polar surface area (TPSA) is 73.0 Å². The van der Waals surface area contributed by atoms with E-state index in [0.717, 1.165) is 11.3 Å². The fourth-order valence-electron chi connectivity index (χ4n) is 3.34. The first-order valence-corrected chi connectivity index (χ1v) is 10.8. The zero-order valence-corrected chi connectivity index (χ0v) is 18.2. The molecule has 1 aromatic carbocycles. The van der Waals surface area contributed by atoms with E-state index in [-0.39, 0.29) is 23.8 Å². The van der Waals surface area contributed by atoms with Crippen molar-refractivity contribution in [1.82, 2.24) is 23.9 Å². The van der Waals surface area contributed by atoms with Crippen LogP contribution in [0, 0.1) is 26.6 Å². The maximum absolute atomic E-state index is 13.6. The van der Waals surface area contributed by atoms with Crippen LogP contribution in [-0.4, -0.2) is 32.3 Å². The molecule has 0 aliphatic carbocycles. The van der Waals surface area contributed by atoms with Crippen LogP contribution in [0.2, 0.25) is 0 Å². The number of benzene rings is 1. The van der Waals surface area contributed by atoms with Gasteiger partial charge in [-0.3, -0.25) is 9.36 Å². The minimum absolute atomic E-state index is 0.118. The summed E-state index contributed by atoms with van der Waals surface area (Å²) in [5.74, 6) is -0.359. The van der Waals surface area contributed by atoms with Gasteiger partial charge in [0, 0.05) is 38.4 Å². The summed E-state index contributed by atoms with van der Waals surface area (Å²) in [4.78, 5) is 0.211. The molecule has 0 unspecified atom stereocenters. The molecule has 3 rings (SSSR count). The Morgan fingerprint density at radius 1 is 1.03 bits per heavy atom. The zero-order valence-electron chi connectivity index (χ0n) is 17.3. The molecule has 0 saturated heterocycles. The fourth-order valence-corrected chi connectivity index (χ4v) is 5.15. The number of hydrogen-bond donors (Lipinski definition) is 0. The predicted molar refractivity (Wildman–Crippen MR) is 108 cm³/mol. The van der Waals surface area contributed by atoms with E-state index in [1.165, 1.54) is 16.4 Å². The van der Waals surface area contributed by atoms with E-state index in [2.05, 4.69) is 10.2 Å². The van der Waals surface area contributed by atoms with Gasteiger partial charge in [0.15, 0.2) is 0 Å². The first-order valence-electron chi connectivity index (χ1n) is 9.41. The van der Waals surface area contributed by atoms with Gasteiger partial charge in [0.05, 0.1) is 17.1 Å². The van der Waals surface area contributed by atoms with Crippen molar-refractivity contribution in [3.05, 3.63) is 64.5 Å². The van der Waals surface area contributed by atoms with Gasteiger partial charge in [-0.25, -0.2) is 12.8 Å². The van der Waals surface area contributed by atoms with Crippen molar-refractivity contribution in [2.75, 3.05) is 0 Å². The molecule has 9 heteroatoms. The van der Waals surface area contributed by atoms with Gasteiger partial charge in [-0.05, 0) is 45.4 Å². The van der Waals surface area contributed by atoms with Crippen molar-refractivity contribution in [2.45, 2.75) is 52.2 Å². The highest BCUT2D eigenvalue weighted by Crippen LogP contribution is 2.26. The number of aromatic nitrogens is 4. The molecule has 0 saturated carbocycles. The van der Waals surface area contributed by atoms with Crippen molar-refractivity contribution >= 4 is 10.0 Å². The summed E-state index contributed by atoms with van der Waals surface area (Å²) in [6.45, 7) is 8.26. The lowest BCUT2D eigenvalue weighted by molar-refractivity contribution is 0.399. The molecule has 0 amide bonds. The van der Waals surface area contributed by atoms with Gasteiger partial charge in [0.1, 0.15) is 10.7 Å². The van der Waals surface area contributed by atoms with Crippen LogP contribution in [0.15, 0.2) is 35.4 Å². The maximum atomic E-state index is 13.6. The fraction of sp³-hybridized carbons (Fsp3) is 0.400. The molecule has 0 radical (unpaired) electrons. The Labute approximate surface area is 170 Å². The van der Waals surface area contributed by atoms with Gasteiger partial charge in [0.25, 0.3) is 0 Å². The second kappa shape index (κ2) is 8.08. The molecule has 3 aromatic rings. The molecule has 0 aliphatic rings. The molecule has 0 N–H and O–H groups in total. The van der Waals surface area contributed by atoms with E-state index in [0.29, 0.717) is 23.5 Å².